The van der Waals surface area contributed by atoms with Crippen LogP contribution in [0.15, 0.2) is 36.4 Å². The zero-order chi connectivity index (χ0) is 16.8. The van der Waals surface area contributed by atoms with Crippen LogP contribution in [0.4, 0.5) is 14.5 Å². The molecule has 0 radical (unpaired) electrons. The molecule has 1 fully saturated rings. The molecule has 6 nitrogen and oxygen atoms in total. The molecule has 1 heterocycles. The number of hydrogen-bond donors (Lipinski definition) is 2. The molecule has 1 saturated heterocycles. The highest BCUT2D eigenvalue weighted by Crippen LogP contribution is 2.37. The largest absolute Gasteiger partial charge is 0.506 e. The lowest BCUT2D eigenvalue weighted by Crippen LogP contribution is -2.30. The third-order valence-corrected chi connectivity index (χ3v) is 4.68. The molecule has 9 heteroatoms. The number of nitrogens with zero attached hydrogens (tertiary/aromatic N) is 1. The van der Waals surface area contributed by atoms with Gasteiger partial charge in [0.05, 0.1) is 0 Å². The van der Waals surface area contributed by atoms with Gasteiger partial charge in [-0.05, 0) is 23.8 Å². The minimum atomic E-state index is -4.26. The molecule has 1 aliphatic rings. The fourth-order valence-corrected chi connectivity index (χ4v) is 3.50. The van der Waals surface area contributed by atoms with Crippen LogP contribution in [0.3, 0.4) is 0 Å². The van der Waals surface area contributed by atoms with Crippen molar-refractivity contribution >= 4 is 21.8 Å². The number of aromatic hydroxyl groups is 1. The average molecular weight is 340 g/mol. The smallest absolute Gasteiger partial charge is 0.326 e. The van der Waals surface area contributed by atoms with E-state index in [1.165, 1.54) is 24.3 Å². The van der Waals surface area contributed by atoms with Crippen LogP contribution in [-0.4, -0.2) is 26.0 Å². The lowest BCUT2D eigenvalue weighted by atomic mass is 10.0. The monoisotopic (exact) mass is 340 g/mol. The van der Waals surface area contributed by atoms with Crippen LogP contribution in [-0.2, 0) is 15.0 Å². The number of anilines is 1. The Morgan fingerprint density at radius 1 is 1.13 bits per heavy atom. The molecule has 120 valence electrons. The molecule has 23 heavy (non-hydrogen) atoms. The van der Waals surface area contributed by atoms with Crippen LogP contribution in [0, 0.1) is 11.6 Å². The topological polar surface area (TPSA) is 86.7 Å². The summed E-state index contributed by atoms with van der Waals surface area (Å²) in [4.78, 5) is 11.2. The van der Waals surface area contributed by atoms with Crippen molar-refractivity contribution in [1.82, 2.24) is 4.72 Å². The molecule has 0 aliphatic carbocycles. The zero-order valence-corrected chi connectivity index (χ0v) is 12.3. The Kier molecular flexibility index (Phi) is 3.44. The van der Waals surface area contributed by atoms with Gasteiger partial charge in [0.2, 0.25) is 0 Å². The van der Waals surface area contributed by atoms with Crippen LogP contribution in [0.2, 0.25) is 0 Å². The fourth-order valence-electron chi connectivity index (χ4n) is 2.33. The highest BCUT2D eigenvalue weighted by Gasteiger charge is 2.37. The number of halogens is 2. The van der Waals surface area contributed by atoms with E-state index >= 15 is 0 Å². The van der Waals surface area contributed by atoms with Crippen molar-refractivity contribution in [2.45, 2.75) is 0 Å². The maximum Gasteiger partial charge on any atom is 0.326 e. The van der Waals surface area contributed by atoms with E-state index in [0.29, 0.717) is 4.31 Å². The second-order valence-corrected chi connectivity index (χ2v) is 6.44. The highest BCUT2D eigenvalue weighted by atomic mass is 32.2. The molecule has 0 spiro atoms. The lowest BCUT2D eigenvalue weighted by molar-refractivity contribution is -0.117. The molecule has 0 aromatic heterocycles. The minimum Gasteiger partial charge on any atom is -0.506 e. The average Bonchev–Trinajstić information content (AvgIpc) is 2.71. The van der Waals surface area contributed by atoms with Gasteiger partial charge >= 0.3 is 10.2 Å². The standard InChI is InChI=1S/C14H10F2N2O4S/c15-10-4-2-1-3-9(10)8-5-11(16)14(12(19)6-8)18-7-13(20)17-23(18,21)22/h1-6,19H,7H2,(H,17,20). The molecule has 2 N–H and O–H groups in total. The highest BCUT2D eigenvalue weighted by molar-refractivity contribution is 7.92. The Morgan fingerprint density at radius 2 is 1.83 bits per heavy atom. The summed E-state index contributed by atoms with van der Waals surface area (Å²) in [6.45, 7) is -0.647. The molecule has 0 unspecified atom stereocenters. The summed E-state index contributed by atoms with van der Waals surface area (Å²) >= 11 is 0. The first kappa shape index (κ1) is 15.2. The van der Waals surface area contributed by atoms with Gasteiger partial charge in [-0.2, -0.15) is 8.42 Å². The van der Waals surface area contributed by atoms with Gasteiger partial charge in [0.15, 0.2) is 5.82 Å². The van der Waals surface area contributed by atoms with Crippen LogP contribution >= 0.6 is 0 Å². The molecule has 3 rings (SSSR count). The summed E-state index contributed by atoms with van der Waals surface area (Å²) < 4.78 is 53.7. The third kappa shape index (κ3) is 2.59. The SMILES string of the molecule is O=C1CN(c2c(O)cc(-c3ccccc3F)cc2F)S(=O)(=O)N1. The zero-order valence-electron chi connectivity index (χ0n) is 11.5. The molecule has 1 amide bonds. The number of carbonyl (C=O) groups excluding carboxylic acids is 1. The van der Waals surface area contributed by atoms with E-state index in [2.05, 4.69) is 0 Å². The van der Waals surface area contributed by atoms with Gasteiger partial charge in [0, 0.05) is 5.56 Å². The van der Waals surface area contributed by atoms with E-state index in [1.807, 2.05) is 0 Å². The predicted molar refractivity (Wildman–Crippen MR) is 77.9 cm³/mol. The molecular formula is C14H10F2N2O4S. The van der Waals surface area contributed by atoms with Gasteiger partial charge in [-0.15, -0.1) is 0 Å². The predicted octanol–water partition coefficient (Wildman–Crippen LogP) is 1.52. The maximum absolute atomic E-state index is 14.3. The van der Waals surface area contributed by atoms with Gasteiger partial charge in [0.25, 0.3) is 5.91 Å². The van der Waals surface area contributed by atoms with Crippen molar-refractivity contribution in [2.24, 2.45) is 0 Å². The first-order valence-electron chi connectivity index (χ1n) is 6.40. The van der Waals surface area contributed by atoms with E-state index in [4.69, 9.17) is 0 Å². The van der Waals surface area contributed by atoms with Gasteiger partial charge < -0.3 is 5.11 Å². The third-order valence-electron chi connectivity index (χ3n) is 3.30. The van der Waals surface area contributed by atoms with Crippen molar-refractivity contribution in [1.29, 1.82) is 0 Å². The molecule has 0 saturated carbocycles. The lowest BCUT2D eigenvalue weighted by Gasteiger charge is -2.18. The fraction of sp³-hybridized carbons (Fsp3) is 0.0714. The number of amides is 1. The number of rotatable bonds is 2. The van der Waals surface area contributed by atoms with E-state index in [9.17, 15) is 27.1 Å². The van der Waals surface area contributed by atoms with E-state index < -0.39 is 45.7 Å². The number of carbonyl (C=O) groups is 1. The van der Waals surface area contributed by atoms with Crippen LogP contribution in [0.1, 0.15) is 0 Å². The number of benzene rings is 2. The van der Waals surface area contributed by atoms with Crippen LogP contribution in [0.25, 0.3) is 11.1 Å². The van der Waals surface area contributed by atoms with E-state index in [0.717, 1.165) is 12.1 Å². The number of hydrogen-bond acceptors (Lipinski definition) is 4. The maximum atomic E-state index is 14.3. The van der Waals surface area contributed by atoms with Crippen molar-refractivity contribution in [3.05, 3.63) is 48.0 Å². The first-order valence-corrected chi connectivity index (χ1v) is 7.84. The number of phenolic OH excluding ortho intramolecular Hbond substituents is 1. The Balaban J connectivity index is 2.13. The second kappa shape index (κ2) is 5.20. The molecule has 2 aromatic carbocycles. The van der Waals surface area contributed by atoms with Crippen molar-refractivity contribution < 1.29 is 27.1 Å². The molecule has 0 bridgehead atoms. The molecule has 2 aromatic rings. The molecule has 0 atom stereocenters. The summed E-state index contributed by atoms with van der Waals surface area (Å²) in [5, 5.41) is 10.00. The summed E-state index contributed by atoms with van der Waals surface area (Å²) in [7, 11) is -4.26. The van der Waals surface area contributed by atoms with E-state index in [1.54, 1.807) is 4.72 Å². The quantitative estimate of drug-likeness (QED) is 0.868. The van der Waals surface area contributed by atoms with Gasteiger partial charge in [0.1, 0.15) is 23.8 Å². The van der Waals surface area contributed by atoms with Gasteiger partial charge in [-0.3, -0.25) is 4.79 Å². The number of nitrogens with one attached hydrogen (secondary N) is 1. The molecule has 1 aliphatic heterocycles. The summed E-state index contributed by atoms with van der Waals surface area (Å²) in [5.41, 5.74) is -0.576. The van der Waals surface area contributed by atoms with Gasteiger partial charge in [-0.1, -0.05) is 18.2 Å². The summed E-state index contributed by atoms with van der Waals surface area (Å²) in [6, 6.07) is 7.49. The Hall–Kier alpha value is -2.68. The Labute approximate surface area is 130 Å². The minimum absolute atomic E-state index is 0.0396. The second-order valence-electron chi connectivity index (χ2n) is 4.84. The van der Waals surface area contributed by atoms with Crippen LogP contribution in [0.5, 0.6) is 5.75 Å². The van der Waals surface area contributed by atoms with Crippen molar-refractivity contribution in [3.8, 4) is 16.9 Å². The normalized spacial score (nSPS) is 16.4. The number of phenols is 1. The van der Waals surface area contributed by atoms with Gasteiger partial charge in [-0.25, -0.2) is 17.8 Å². The van der Waals surface area contributed by atoms with E-state index in [-0.39, 0.29) is 11.1 Å². The summed E-state index contributed by atoms with van der Waals surface area (Å²) in [6.07, 6.45) is 0. The first-order chi connectivity index (χ1) is 10.8. The summed E-state index contributed by atoms with van der Waals surface area (Å²) in [5.74, 6) is -3.28. The van der Waals surface area contributed by atoms with Crippen LogP contribution < -0.4 is 9.03 Å². The Bertz CT molecular complexity index is 892. The van der Waals surface area contributed by atoms with Crippen molar-refractivity contribution in [3.63, 3.8) is 0 Å². The van der Waals surface area contributed by atoms with Crippen molar-refractivity contribution in [2.75, 3.05) is 10.8 Å². The molecular weight excluding hydrogens is 330 g/mol. The Morgan fingerprint density at radius 3 is 2.39 bits per heavy atom.